The molecule has 5 aliphatic rings. The first-order valence-corrected chi connectivity index (χ1v) is 10.2. The second-order valence-corrected chi connectivity index (χ2v) is 10.3. The van der Waals surface area contributed by atoms with E-state index in [0.717, 1.165) is 30.9 Å². The molecule has 1 aromatic rings. The Morgan fingerprint density at radius 2 is 1.92 bits per heavy atom. The zero-order chi connectivity index (χ0) is 17.2. The van der Waals surface area contributed by atoms with Gasteiger partial charge in [0.15, 0.2) is 11.4 Å². The van der Waals surface area contributed by atoms with Crippen LogP contribution in [0, 0.1) is 28.6 Å². The molecule has 7 unspecified atom stereocenters. The van der Waals surface area contributed by atoms with E-state index in [1.54, 1.807) is 0 Å². The van der Waals surface area contributed by atoms with Gasteiger partial charge >= 0.3 is 0 Å². The smallest absolute Gasteiger partial charge is 0.174 e. The lowest BCUT2D eigenvalue weighted by Gasteiger charge is -2.59. The fourth-order valence-electron chi connectivity index (χ4n) is 8.36. The molecule has 1 aromatic heterocycles. The third-order valence-electron chi connectivity index (χ3n) is 9.70. The van der Waals surface area contributed by atoms with E-state index in [4.69, 9.17) is 9.26 Å². The van der Waals surface area contributed by atoms with Gasteiger partial charge in [-0.15, -0.1) is 0 Å². The Morgan fingerprint density at radius 3 is 2.76 bits per heavy atom. The van der Waals surface area contributed by atoms with Gasteiger partial charge < -0.3 is 14.4 Å². The van der Waals surface area contributed by atoms with Gasteiger partial charge in [-0.05, 0) is 75.0 Å². The summed E-state index contributed by atoms with van der Waals surface area (Å²) >= 11 is 0. The van der Waals surface area contributed by atoms with Crippen molar-refractivity contribution in [2.24, 2.45) is 28.6 Å². The molecular weight excluding hydrogens is 314 g/mol. The molecule has 1 aliphatic heterocycles. The Morgan fingerprint density at radius 1 is 1.08 bits per heavy atom. The molecular formula is C21H29NO3. The Hall–Kier alpha value is -0.870. The number of aliphatic hydroxyl groups is 1. The van der Waals surface area contributed by atoms with Crippen molar-refractivity contribution in [3.8, 4) is 0 Å². The highest BCUT2D eigenvalue weighted by molar-refractivity contribution is 5.41. The quantitative estimate of drug-likeness (QED) is 0.728. The lowest BCUT2D eigenvalue weighted by Crippen LogP contribution is -2.59. The summed E-state index contributed by atoms with van der Waals surface area (Å²) in [7, 11) is 0. The summed E-state index contributed by atoms with van der Waals surface area (Å²) in [5.41, 5.74) is 1.24. The summed E-state index contributed by atoms with van der Waals surface area (Å²) in [5, 5.41) is 14.7. The predicted molar refractivity (Wildman–Crippen MR) is 91.8 cm³/mol. The van der Waals surface area contributed by atoms with E-state index in [-0.39, 0.29) is 28.1 Å². The summed E-state index contributed by atoms with van der Waals surface area (Å²) in [5.74, 6) is 3.10. The molecule has 3 saturated carbocycles. The summed E-state index contributed by atoms with van der Waals surface area (Å²) in [6.45, 7) is 7.06. The van der Waals surface area contributed by atoms with Gasteiger partial charge in [0.1, 0.15) is 5.60 Å². The highest BCUT2D eigenvalue weighted by atomic mass is 16.6. The van der Waals surface area contributed by atoms with Gasteiger partial charge in [0.05, 0.1) is 12.3 Å². The van der Waals surface area contributed by atoms with E-state index in [1.165, 1.54) is 31.2 Å². The van der Waals surface area contributed by atoms with Gasteiger partial charge in [0.2, 0.25) is 0 Å². The average Bonchev–Trinajstić information content (AvgIpc) is 2.86. The first-order valence-electron chi connectivity index (χ1n) is 10.2. The van der Waals surface area contributed by atoms with Crippen molar-refractivity contribution < 1.29 is 14.4 Å². The van der Waals surface area contributed by atoms with Crippen LogP contribution in [0.2, 0.25) is 0 Å². The van der Waals surface area contributed by atoms with Crippen LogP contribution in [0.3, 0.4) is 0 Å². The van der Waals surface area contributed by atoms with Crippen molar-refractivity contribution in [1.82, 2.24) is 5.16 Å². The van der Waals surface area contributed by atoms with Crippen LogP contribution in [0.1, 0.15) is 70.6 Å². The lowest BCUT2D eigenvalue weighted by molar-refractivity contribution is -0.118. The molecule has 8 atom stereocenters. The SMILES string of the molecule is CC12CCC3C(CC[C@@]45OC4(C)c4oncc4CC35C)C1CCC2O. The first kappa shape index (κ1) is 15.2. The number of aliphatic hydroxyl groups excluding tert-OH is 1. The molecule has 4 fully saturated rings. The summed E-state index contributed by atoms with van der Waals surface area (Å²) in [6.07, 6.45) is 9.83. The topological polar surface area (TPSA) is 58.8 Å². The maximum Gasteiger partial charge on any atom is 0.174 e. The highest BCUT2D eigenvalue weighted by Crippen LogP contribution is 2.77. The zero-order valence-corrected chi connectivity index (χ0v) is 15.5. The number of aromatic nitrogens is 1. The minimum absolute atomic E-state index is 0.0569. The minimum Gasteiger partial charge on any atom is -0.393 e. The fraction of sp³-hybridized carbons (Fsp3) is 0.857. The summed E-state index contributed by atoms with van der Waals surface area (Å²) in [4.78, 5) is 0. The predicted octanol–water partition coefficient (Wildman–Crippen LogP) is 3.82. The zero-order valence-electron chi connectivity index (χ0n) is 15.5. The molecule has 0 amide bonds. The third-order valence-corrected chi connectivity index (χ3v) is 9.70. The van der Waals surface area contributed by atoms with Crippen molar-refractivity contribution in [2.45, 2.75) is 83.0 Å². The molecule has 2 heterocycles. The molecule has 4 heteroatoms. The van der Waals surface area contributed by atoms with Crippen molar-refractivity contribution in [2.75, 3.05) is 0 Å². The Bertz CT molecular complexity index is 760. The molecule has 0 bridgehead atoms. The number of hydrogen-bond acceptors (Lipinski definition) is 4. The van der Waals surface area contributed by atoms with Gasteiger partial charge in [-0.3, -0.25) is 0 Å². The van der Waals surface area contributed by atoms with Crippen molar-refractivity contribution in [3.05, 3.63) is 17.5 Å². The Kier molecular flexibility index (Phi) is 2.54. The standard InChI is InChI=1S/C21H29NO3/c1-18-8-7-15-13(14(18)4-5-16(18)23)6-9-21-19(15,2)10-12-11-22-24-17(12)20(21,3)25-21/h11,13-16,23H,4-10H2,1-3H3/t13?,14?,15?,16?,18?,19?,20?,21-/m0/s1. The molecule has 0 aromatic carbocycles. The maximum atomic E-state index is 10.6. The van der Waals surface area contributed by atoms with Gasteiger partial charge in [0, 0.05) is 11.0 Å². The van der Waals surface area contributed by atoms with E-state index in [9.17, 15) is 5.11 Å². The lowest BCUT2D eigenvalue weighted by atomic mass is 9.44. The number of epoxide rings is 1. The van der Waals surface area contributed by atoms with Gasteiger partial charge in [-0.2, -0.15) is 0 Å². The summed E-state index contributed by atoms with van der Waals surface area (Å²) < 4.78 is 12.2. The Labute approximate surface area is 149 Å². The fourth-order valence-corrected chi connectivity index (χ4v) is 8.36. The number of fused-ring (bicyclic) bond motifs is 6. The van der Waals surface area contributed by atoms with Crippen LogP contribution < -0.4 is 0 Å². The molecule has 1 saturated heterocycles. The van der Waals surface area contributed by atoms with E-state index in [2.05, 4.69) is 25.9 Å². The number of rotatable bonds is 0. The van der Waals surface area contributed by atoms with E-state index in [0.29, 0.717) is 11.8 Å². The molecule has 4 nitrogen and oxygen atoms in total. The van der Waals surface area contributed by atoms with E-state index >= 15 is 0 Å². The van der Waals surface area contributed by atoms with Crippen LogP contribution in [-0.2, 0) is 16.8 Å². The summed E-state index contributed by atoms with van der Waals surface area (Å²) in [6, 6.07) is 0. The van der Waals surface area contributed by atoms with Crippen molar-refractivity contribution in [1.29, 1.82) is 0 Å². The van der Waals surface area contributed by atoms with Gasteiger partial charge in [-0.25, -0.2) is 0 Å². The van der Waals surface area contributed by atoms with E-state index in [1.807, 2.05) is 6.20 Å². The van der Waals surface area contributed by atoms with Crippen LogP contribution in [0.5, 0.6) is 0 Å². The van der Waals surface area contributed by atoms with Crippen molar-refractivity contribution in [3.63, 3.8) is 0 Å². The van der Waals surface area contributed by atoms with Crippen LogP contribution in [0.15, 0.2) is 10.7 Å². The normalized spacial score (nSPS) is 58.6. The van der Waals surface area contributed by atoms with Crippen molar-refractivity contribution >= 4 is 0 Å². The van der Waals surface area contributed by atoms with E-state index < -0.39 is 0 Å². The first-order chi connectivity index (χ1) is 11.9. The average molecular weight is 343 g/mol. The number of nitrogens with zero attached hydrogens (tertiary/aromatic N) is 1. The van der Waals surface area contributed by atoms with Gasteiger partial charge in [-0.1, -0.05) is 19.0 Å². The van der Waals surface area contributed by atoms with Crippen LogP contribution >= 0.6 is 0 Å². The van der Waals surface area contributed by atoms with Gasteiger partial charge in [0.25, 0.3) is 0 Å². The molecule has 25 heavy (non-hydrogen) atoms. The molecule has 136 valence electrons. The van der Waals surface area contributed by atoms with Crippen LogP contribution in [0.4, 0.5) is 0 Å². The monoisotopic (exact) mass is 343 g/mol. The number of hydrogen-bond donors (Lipinski definition) is 1. The highest BCUT2D eigenvalue weighted by Gasteiger charge is 2.82. The molecule has 6 rings (SSSR count). The second-order valence-electron chi connectivity index (χ2n) is 10.3. The largest absolute Gasteiger partial charge is 0.393 e. The second kappa shape index (κ2) is 4.17. The molecule has 0 radical (unpaired) electrons. The van der Waals surface area contributed by atoms with Crippen LogP contribution in [-0.4, -0.2) is 22.0 Å². The number of ether oxygens (including phenoxy) is 1. The minimum atomic E-state index is -0.271. The third kappa shape index (κ3) is 1.42. The Balaban J connectivity index is 1.45. The maximum absolute atomic E-state index is 10.6. The van der Waals surface area contributed by atoms with Crippen LogP contribution in [0.25, 0.3) is 0 Å². The molecule has 4 aliphatic carbocycles. The molecule has 1 N–H and O–H groups in total. The molecule has 1 spiro atoms.